The van der Waals surface area contributed by atoms with Gasteiger partial charge in [0.15, 0.2) is 16.5 Å². The van der Waals surface area contributed by atoms with Crippen LogP contribution in [0, 0.1) is 0 Å². The number of carbonyl (C=O) groups excluding carboxylic acids is 2. The lowest BCUT2D eigenvalue weighted by atomic mass is 10.0. The number of likely N-dealkylation sites (tertiary alicyclic amines) is 1. The van der Waals surface area contributed by atoms with Crippen molar-refractivity contribution < 1.29 is 14.0 Å². The van der Waals surface area contributed by atoms with Crippen molar-refractivity contribution in [2.45, 2.75) is 18.9 Å². The second-order valence-corrected chi connectivity index (χ2v) is 8.15. The van der Waals surface area contributed by atoms with Gasteiger partial charge < -0.3 is 19.5 Å². The highest BCUT2D eigenvalue weighted by molar-refractivity contribution is 7.21. The number of urea groups is 1. The monoisotopic (exact) mass is 396 g/mol. The molecule has 1 unspecified atom stereocenters. The van der Waals surface area contributed by atoms with E-state index in [4.69, 9.17) is 4.42 Å². The van der Waals surface area contributed by atoms with Crippen LogP contribution >= 0.6 is 11.3 Å². The molecule has 2 fully saturated rings. The average Bonchev–Trinajstić information content (AvgIpc) is 3.46. The predicted molar refractivity (Wildman–Crippen MR) is 106 cm³/mol. The number of fused-ring (bicyclic) bond motifs is 1. The van der Waals surface area contributed by atoms with Crippen LogP contribution in [0.2, 0.25) is 0 Å². The standard InChI is InChI=1S/C20H20N4O3S/c25-19(23-10-3-4-13(12-23)24-11-9-21-20(24)26)16-8-7-15(27-16)18-22-14-5-1-2-6-17(14)28-18/h1-2,5-8,13H,3-4,9-12H2,(H,21,26). The van der Waals surface area contributed by atoms with Gasteiger partial charge in [-0.25, -0.2) is 9.78 Å². The second kappa shape index (κ2) is 6.94. The minimum Gasteiger partial charge on any atom is -0.448 e. The highest BCUT2D eigenvalue weighted by atomic mass is 32.1. The number of nitrogens with one attached hydrogen (secondary N) is 1. The van der Waals surface area contributed by atoms with Crippen molar-refractivity contribution in [3.05, 3.63) is 42.2 Å². The third kappa shape index (κ3) is 3.03. The van der Waals surface area contributed by atoms with Gasteiger partial charge in [-0.15, -0.1) is 11.3 Å². The van der Waals surface area contributed by atoms with E-state index in [1.165, 1.54) is 0 Å². The van der Waals surface area contributed by atoms with Gasteiger partial charge in [0.1, 0.15) is 0 Å². The number of carbonyl (C=O) groups is 2. The van der Waals surface area contributed by atoms with Gasteiger partial charge in [0.25, 0.3) is 5.91 Å². The van der Waals surface area contributed by atoms with E-state index in [-0.39, 0.29) is 18.0 Å². The van der Waals surface area contributed by atoms with E-state index in [0.29, 0.717) is 37.7 Å². The number of nitrogens with zero attached hydrogens (tertiary/aromatic N) is 3. The maximum Gasteiger partial charge on any atom is 0.317 e. The fourth-order valence-corrected chi connectivity index (χ4v) is 4.86. The first-order valence-corrected chi connectivity index (χ1v) is 10.3. The van der Waals surface area contributed by atoms with Gasteiger partial charge in [-0.05, 0) is 37.1 Å². The molecule has 4 heterocycles. The van der Waals surface area contributed by atoms with Gasteiger partial charge in [-0.1, -0.05) is 12.1 Å². The Hall–Kier alpha value is -2.87. The zero-order valence-electron chi connectivity index (χ0n) is 15.3. The Bertz CT molecular complexity index is 1010. The van der Waals surface area contributed by atoms with Crippen LogP contribution in [0.3, 0.4) is 0 Å². The summed E-state index contributed by atoms with van der Waals surface area (Å²) in [6.45, 7) is 2.60. The summed E-state index contributed by atoms with van der Waals surface area (Å²) >= 11 is 1.55. The van der Waals surface area contributed by atoms with Gasteiger partial charge in [-0.3, -0.25) is 4.79 Å². The number of thiazole rings is 1. The lowest BCUT2D eigenvalue weighted by molar-refractivity contribution is 0.0605. The number of benzene rings is 1. The Morgan fingerprint density at radius 2 is 2.11 bits per heavy atom. The lowest BCUT2D eigenvalue weighted by Gasteiger charge is -2.36. The number of furan rings is 1. The molecule has 144 valence electrons. The summed E-state index contributed by atoms with van der Waals surface area (Å²) in [4.78, 5) is 33.1. The Kier molecular flexibility index (Phi) is 4.27. The maximum atomic E-state index is 13.0. The number of hydrogen-bond donors (Lipinski definition) is 1. The third-order valence-electron chi connectivity index (χ3n) is 5.34. The fraction of sp³-hybridized carbons (Fsp3) is 0.350. The Labute approximate surface area is 165 Å². The molecular formula is C20H20N4O3S. The van der Waals surface area contributed by atoms with Gasteiger partial charge in [0.2, 0.25) is 0 Å². The molecule has 3 amide bonds. The summed E-state index contributed by atoms with van der Waals surface area (Å²) in [7, 11) is 0. The first kappa shape index (κ1) is 17.2. The topological polar surface area (TPSA) is 78.7 Å². The van der Waals surface area contributed by atoms with E-state index in [1.54, 1.807) is 28.4 Å². The van der Waals surface area contributed by atoms with E-state index in [9.17, 15) is 9.59 Å². The van der Waals surface area contributed by atoms with Crippen molar-refractivity contribution in [1.29, 1.82) is 0 Å². The van der Waals surface area contributed by atoms with Crippen LogP contribution in [0.5, 0.6) is 0 Å². The van der Waals surface area contributed by atoms with Crippen molar-refractivity contribution in [3.63, 3.8) is 0 Å². The minimum atomic E-state index is -0.128. The largest absolute Gasteiger partial charge is 0.448 e. The summed E-state index contributed by atoms with van der Waals surface area (Å²) in [6.07, 6.45) is 1.80. The molecule has 1 atom stereocenters. The molecule has 3 aromatic rings. The van der Waals surface area contributed by atoms with Crippen LogP contribution in [-0.4, -0.2) is 58.9 Å². The molecule has 28 heavy (non-hydrogen) atoms. The predicted octanol–water partition coefficient (Wildman–Crippen LogP) is 3.19. The summed E-state index contributed by atoms with van der Waals surface area (Å²) in [5, 5.41) is 3.60. The zero-order chi connectivity index (χ0) is 19.1. The quantitative estimate of drug-likeness (QED) is 0.737. The van der Waals surface area contributed by atoms with E-state index in [2.05, 4.69) is 10.3 Å². The van der Waals surface area contributed by atoms with E-state index in [0.717, 1.165) is 28.1 Å². The van der Waals surface area contributed by atoms with Crippen LogP contribution in [-0.2, 0) is 0 Å². The summed E-state index contributed by atoms with van der Waals surface area (Å²) in [6, 6.07) is 11.5. The summed E-state index contributed by atoms with van der Waals surface area (Å²) < 4.78 is 6.95. The van der Waals surface area contributed by atoms with Crippen molar-refractivity contribution in [3.8, 4) is 10.8 Å². The number of rotatable bonds is 3. The van der Waals surface area contributed by atoms with E-state index >= 15 is 0 Å². The number of amides is 3. The van der Waals surface area contributed by atoms with Crippen LogP contribution in [0.1, 0.15) is 23.4 Å². The molecule has 0 aliphatic carbocycles. The Morgan fingerprint density at radius 1 is 1.21 bits per heavy atom. The fourth-order valence-electron chi connectivity index (χ4n) is 3.93. The molecule has 7 nitrogen and oxygen atoms in total. The first-order chi connectivity index (χ1) is 13.7. The Morgan fingerprint density at radius 3 is 2.93 bits per heavy atom. The molecule has 2 aliphatic rings. The smallest absolute Gasteiger partial charge is 0.317 e. The Balaban J connectivity index is 1.33. The zero-order valence-corrected chi connectivity index (χ0v) is 16.1. The molecule has 1 N–H and O–H groups in total. The second-order valence-electron chi connectivity index (χ2n) is 7.12. The molecular weight excluding hydrogens is 376 g/mol. The third-order valence-corrected chi connectivity index (χ3v) is 6.39. The summed E-state index contributed by atoms with van der Waals surface area (Å²) in [5.41, 5.74) is 0.925. The van der Waals surface area contributed by atoms with Crippen LogP contribution < -0.4 is 5.32 Å². The number of aromatic nitrogens is 1. The average molecular weight is 396 g/mol. The van der Waals surface area contributed by atoms with Crippen molar-refractivity contribution >= 4 is 33.5 Å². The molecule has 0 radical (unpaired) electrons. The lowest BCUT2D eigenvalue weighted by Crippen LogP contribution is -2.50. The van der Waals surface area contributed by atoms with Crippen LogP contribution in [0.25, 0.3) is 21.0 Å². The highest BCUT2D eigenvalue weighted by Crippen LogP contribution is 2.31. The number of piperidine rings is 1. The molecule has 5 rings (SSSR count). The van der Waals surface area contributed by atoms with Gasteiger partial charge in [0, 0.05) is 26.2 Å². The van der Waals surface area contributed by atoms with Crippen LogP contribution in [0.4, 0.5) is 4.79 Å². The van der Waals surface area contributed by atoms with Gasteiger partial charge in [-0.2, -0.15) is 0 Å². The van der Waals surface area contributed by atoms with Gasteiger partial charge in [0.05, 0.1) is 16.3 Å². The number of hydrogen-bond acceptors (Lipinski definition) is 5. The maximum absolute atomic E-state index is 13.0. The molecule has 0 spiro atoms. The molecule has 0 bridgehead atoms. The molecule has 2 saturated heterocycles. The van der Waals surface area contributed by atoms with Crippen LogP contribution in [0.15, 0.2) is 40.8 Å². The molecule has 1 aromatic carbocycles. The molecule has 2 aromatic heterocycles. The van der Waals surface area contributed by atoms with Crippen molar-refractivity contribution in [2.75, 3.05) is 26.2 Å². The van der Waals surface area contributed by atoms with E-state index < -0.39 is 0 Å². The minimum absolute atomic E-state index is 0.0320. The normalized spacial score (nSPS) is 20.0. The summed E-state index contributed by atoms with van der Waals surface area (Å²) in [5.74, 6) is 0.800. The van der Waals surface area contributed by atoms with Crippen molar-refractivity contribution in [1.82, 2.24) is 20.1 Å². The number of para-hydroxylation sites is 1. The highest BCUT2D eigenvalue weighted by Gasteiger charge is 2.33. The van der Waals surface area contributed by atoms with Crippen molar-refractivity contribution in [2.24, 2.45) is 0 Å². The molecule has 0 saturated carbocycles. The molecule has 2 aliphatic heterocycles. The SMILES string of the molecule is O=C(c1ccc(-c2nc3ccccc3s2)o1)N1CCCC(N2CCNC2=O)C1. The molecule has 8 heteroatoms. The first-order valence-electron chi connectivity index (χ1n) is 9.48. The van der Waals surface area contributed by atoms with Gasteiger partial charge >= 0.3 is 6.03 Å². The van der Waals surface area contributed by atoms with E-state index in [1.807, 2.05) is 29.2 Å².